The molecule has 1 aromatic rings. The van der Waals surface area contributed by atoms with Crippen LogP contribution in [0.4, 0.5) is 0 Å². The predicted molar refractivity (Wildman–Crippen MR) is 80.2 cm³/mol. The van der Waals surface area contributed by atoms with E-state index in [4.69, 9.17) is 0 Å². The lowest BCUT2D eigenvalue weighted by atomic mass is 9.56. The van der Waals surface area contributed by atoms with E-state index < -0.39 is 0 Å². The molecule has 4 fully saturated rings. The highest BCUT2D eigenvalue weighted by Crippen LogP contribution is 2.59. The van der Waals surface area contributed by atoms with Crippen molar-refractivity contribution in [2.24, 2.45) is 23.7 Å². The van der Waals surface area contributed by atoms with E-state index in [9.17, 15) is 0 Å². The fraction of sp³-hybridized carbons (Fsp3) is 0.684. The van der Waals surface area contributed by atoms with Crippen LogP contribution in [0.1, 0.15) is 56.6 Å². The molecule has 0 nitrogen and oxygen atoms in total. The molecule has 1 aromatic carbocycles. The van der Waals surface area contributed by atoms with Gasteiger partial charge in [0.25, 0.3) is 0 Å². The monoisotopic (exact) mass is 254 g/mol. The van der Waals surface area contributed by atoms with Crippen molar-refractivity contribution in [2.45, 2.75) is 57.8 Å². The summed E-state index contributed by atoms with van der Waals surface area (Å²) in [5, 5.41) is 0. The summed E-state index contributed by atoms with van der Waals surface area (Å²) in [6.45, 7) is 4.73. The van der Waals surface area contributed by atoms with E-state index in [-0.39, 0.29) is 0 Å². The van der Waals surface area contributed by atoms with Gasteiger partial charge in [0.1, 0.15) is 0 Å². The first-order valence-corrected chi connectivity index (χ1v) is 8.22. The summed E-state index contributed by atoms with van der Waals surface area (Å²) in [5.41, 5.74) is 3.61. The van der Waals surface area contributed by atoms with Gasteiger partial charge in [-0.3, -0.25) is 0 Å². The highest BCUT2D eigenvalue weighted by molar-refractivity contribution is 5.31. The Hall–Kier alpha value is -0.780. The van der Waals surface area contributed by atoms with Crippen LogP contribution in [0, 0.1) is 30.6 Å². The molecule has 4 aliphatic rings. The maximum absolute atomic E-state index is 2.52. The van der Waals surface area contributed by atoms with Crippen molar-refractivity contribution in [1.29, 1.82) is 0 Å². The largest absolute Gasteiger partial charge is 0.0622 e. The Morgan fingerprint density at radius 2 is 1.58 bits per heavy atom. The zero-order valence-electron chi connectivity index (χ0n) is 12.4. The van der Waals surface area contributed by atoms with Crippen LogP contribution in [0.2, 0.25) is 0 Å². The summed E-state index contributed by atoms with van der Waals surface area (Å²) in [6.07, 6.45) is 9.02. The Labute approximate surface area is 117 Å². The number of benzene rings is 1. The van der Waals surface area contributed by atoms with Gasteiger partial charge >= 0.3 is 0 Å². The smallest absolute Gasteiger partial charge is 0.00390 e. The van der Waals surface area contributed by atoms with Gasteiger partial charge in [-0.05, 0) is 80.1 Å². The SMILES string of the molecule is Cc1ccc(C23CC4CC(CC(C2)C(C)C4)C3)cc1. The zero-order valence-corrected chi connectivity index (χ0v) is 12.4. The van der Waals surface area contributed by atoms with Crippen LogP contribution in [-0.2, 0) is 5.41 Å². The topological polar surface area (TPSA) is 0 Å². The highest BCUT2D eigenvalue weighted by Gasteiger charge is 2.50. The van der Waals surface area contributed by atoms with E-state index in [2.05, 4.69) is 38.1 Å². The summed E-state index contributed by atoms with van der Waals surface area (Å²) >= 11 is 0. The van der Waals surface area contributed by atoms with Crippen LogP contribution >= 0.6 is 0 Å². The molecule has 0 spiro atoms. The molecule has 4 bridgehead atoms. The van der Waals surface area contributed by atoms with Crippen LogP contribution in [0.3, 0.4) is 0 Å². The number of hydrogen-bond donors (Lipinski definition) is 0. The van der Waals surface area contributed by atoms with Crippen molar-refractivity contribution in [1.82, 2.24) is 0 Å². The second-order valence-electron chi connectivity index (χ2n) is 7.94. The first-order valence-electron chi connectivity index (χ1n) is 8.22. The molecular formula is C19H26. The Kier molecular flexibility index (Phi) is 2.59. The Morgan fingerprint density at radius 3 is 2.32 bits per heavy atom. The molecule has 0 amide bonds. The average Bonchev–Trinajstić information content (AvgIpc) is 2.53. The number of rotatable bonds is 1. The lowest BCUT2D eigenvalue weighted by Crippen LogP contribution is -2.41. The van der Waals surface area contributed by atoms with Gasteiger partial charge in [-0.1, -0.05) is 36.8 Å². The average molecular weight is 254 g/mol. The predicted octanol–water partition coefficient (Wildman–Crippen LogP) is 5.10. The molecule has 5 atom stereocenters. The van der Waals surface area contributed by atoms with Crippen LogP contribution in [0.5, 0.6) is 0 Å². The quantitative estimate of drug-likeness (QED) is 0.654. The van der Waals surface area contributed by atoms with Crippen molar-refractivity contribution < 1.29 is 0 Å². The van der Waals surface area contributed by atoms with Gasteiger partial charge in [0, 0.05) is 0 Å². The molecule has 0 saturated heterocycles. The summed E-state index contributed by atoms with van der Waals surface area (Å²) in [6, 6.07) is 9.53. The molecule has 0 heterocycles. The normalized spacial score (nSPS) is 44.3. The Balaban J connectivity index is 1.76. The molecule has 0 aromatic heterocycles. The molecule has 0 aliphatic heterocycles. The van der Waals surface area contributed by atoms with Gasteiger partial charge in [-0.15, -0.1) is 0 Å². The molecule has 0 radical (unpaired) electrons. The molecular weight excluding hydrogens is 228 g/mol. The standard InChI is InChI=1S/C19H26/c1-13-3-5-18(6-4-13)19-10-15-7-14(2)17(12-19)9-16(8-15)11-19/h3-6,14-17H,7-12H2,1-2H3. The fourth-order valence-corrected chi connectivity index (χ4v) is 5.78. The van der Waals surface area contributed by atoms with E-state index in [1.54, 1.807) is 5.56 Å². The van der Waals surface area contributed by atoms with Crippen molar-refractivity contribution in [3.8, 4) is 0 Å². The maximum atomic E-state index is 2.52. The molecule has 0 heteroatoms. The lowest BCUT2D eigenvalue weighted by Gasteiger charge is -2.49. The van der Waals surface area contributed by atoms with Gasteiger partial charge in [-0.2, -0.15) is 0 Å². The fourth-order valence-electron chi connectivity index (χ4n) is 5.78. The van der Waals surface area contributed by atoms with Gasteiger partial charge in [0.2, 0.25) is 0 Å². The third kappa shape index (κ3) is 1.87. The van der Waals surface area contributed by atoms with Crippen LogP contribution in [0.15, 0.2) is 24.3 Å². The molecule has 0 N–H and O–H groups in total. The minimum absolute atomic E-state index is 0.551. The van der Waals surface area contributed by atoms with Crippen molar-refractivity contribution in [3.05, 3.63) is 35.4 Å². The number of aryl methyl sites for hydroxylation is 1. The molecule has 102 valence electrons. The van der Waals surface area contributed by atoms with Gasteiger partial charge in [0.05, 0.1) is 0 Å². The van der Waals surface area contributed by atoms with Crippen LogP contribution < -0.4 is 0 Å². The third-order valence-electron chi connectivity index (χ3n) is 6.49. The number of hydrogen-bond acceptors (Lipinski definition) is 0. The third-order valence-corrected chi connectivity index (χ3v) is 6.49. The Bertz CT molecular complexity index is 471. The lowest BCUT2D eigenvalue weighted by molar-refractivity contribution is 0.0927. The van der Waals surface area contributed by atoms with Crippen molar-refractivity contribution in [2.75, 3.05) is 0 Å². The van der Waals surface area contributed by atoms with Crippen LogP contribution in [-0.4, -0.2) is 0 Å². The molecule has 5 rings (SSSR count). The summed E-state index contributed by atoms with van der Waals surface area (Å²) in [5.74, 6) is 4.03. The second-order valence-corrected chi connectivity index (χ2v) is 7.94. The van der Waals surface area contributed by atoms with Crippen LogP contribution in [0.25, 0.3) is 0 Å². The molecule has 5 unspecified atom stereocenters. The Morgan fingerprint density at radius 1 is 0.895 bits per heavy atom. The number of fused-ring (bicyclic) bond motifs is 1. The summed E-state index contributed by atoms with van der Waals surface area (Å²) in [7, 11) is 0. The highest BCUT2D eigenvalue weighted by atomic mass is 14.5. The summed E-state index contributed by atoms with van der Waals surface area (Å²) < 4.78 is 0. The summed E-state index contributed by atoms with van der Waals surface area (Å²) in [4.78, 5) is 0. The maximum Gasteiger partial charge on any atom is -0.00390 e. The zero-order chi connectivity index (χ0) is 13.0. The van der Waals surface area contributed by atoms with E-state index in [0.29, 0.717) is 5.41 Å². The van der Waals surface area contributed by atoms with E-state index in [1.807, 2.05) is 0 Å². The second kappa shape index (κ2) is 4.11. The minimum atomic E-state index is 0.551. The van der Waals surface area contributed by atoms with E-state index in [0.717, 1.165) is 23.7 Å². The van der Waals surface area contributed by atoms with E-state index >= 15 is 0 Å². The van der Waals surface area contributed by atoms with Gasteiger partial charge in [0.15, 0.2) is 0 Å². The van der Waals surface area contributed by atoms with E-state index in [1.165, 1.54) is 44.1 Å². The molecule has 19 heavy (non-hydrogen) atoms. The first kappa shape index (κ1) is 12.0. The van der Waals surface area contributed by atoms with Crippen molar-refractivity contribution >= 4 is 0 Å². The first-order chi connectivity index (χ1) is 9.14. The van der Waals surface area contributed by atoms with Gasteiger partial charge in [-0.25, -0.2) is 0 Å². The van der Waals surface area contributed by atoms with Gasteiger partial charge < -0.3 is 0 Å². The molecule has 4 saturated carbocycles. The molecule has 4 aliphatic carbocycles. The minimum Gasteiger partial charge on any atom is -0.0622 e. The van der Waals surface area contributed by atoms with Crippen molar-refractivity contribution in [3.63, 3.8) is 0 Å².